The van der Waals surface area contributed by atoms with Gasteiger partial charge in [0.25, 0.3) is 0 Å². The fraction of sp³-hybridized carbons (Fsp3) is 0.357. The molecule has 0 aromatic heterocycles. The molecule has 1 rings (SSSR count). The Labute approximate surface area is 116 Å². The first-order valence-electron chi connectivity index (χ1n) is 5.87. The Kier molecular flexibility index (Phi) is 4.81. The third-order valence-electron chi connectivity index (χ3n) is 2.88. The highest BCUT2D eigenvalue weighted by Gasteiger charge is 2.33. The van der Waals surface area contributed by atoms with E-state index in [9.17, 15) is 13.2 Å². The van der Waals surface area contributed by atoms with Crippen LogP contribution in [0.15, 0.2) is 23.2 Å². The molecule has 0 aliphatic rings. The molecular formula is C14H17F3N2O. The number of hydrogen-bond acceptors (Lipinski definition) is 3. The molecular weight excluding hydrogens is 269 g/mol. The number of allylic oxidation sites excluding steroid dienone is 1. The molecule has 0 heterocycles. The molecule has 1 aromatic rings. The molecule has 0 saturated heterocycles. The first-order valence-corrected chi connectivity index (χ1v) is 5.87. The van der Waals surface area contributed by atoms with Crippen LogP contribution < -0.4 is 10.5 Å². The summed E-state index contributed by atoms with van der Waals surface area (Å²) in [7, 11) is 2.62. The van der Waals surface area contributed by atoms with E-state index in [1.807, 2.05) is 0 Å². The van der Waals surface area contributed by atoms with E-state index in [2.05, 4.69) is 4.99 Å². The topological polar surface area (TPSA) is 47.6 Å². The van der Waals surface area contributed by atoms with Crippen molar-refractivity contribution in [2.45, 2.75) is 20.0 Å². The summed E-state index contributed by atoms with van der Waals surface area (Å²) < 4.78 is 43.1. The second-order valence-corrected chi connectivity index (χ2v) is 4.34. The van der Waals surface area contributed by atoms with Crippen molar-refractivity contribution in [3.63, 3.8) is 0 Å². The quantitative estimate of drug-likeness (QED) is 0.867. The number of aryl methyl sites for hydroxylation is 2. The smallest absolute Gasteiger partial charge is 0.432 e. The lowest BCUT2D eigenvalue weighted by molar-refractivity contribution is -0.0577. The summed E-state index contributed by atoms with van der Waals surface area (Å²) >= 11 is 0. The maximum absolute atomic E-state index is 12.6. The molecule has 0 amide bonds. The highest BCUT2D eigenvalue weighted by atomic mass is 19.4. The van der Waals surface area contributed by atoms with Crippen LogP contribution in [0.1, 0.15) is 16.7 Å². The number of alkyl halides is 3. The molecule has 3 nitrogen and oxygen atoms in total. The Morgan fingerprint density at radius 2 is 1.85 bits per heavy atom. The van der Waals surface area contributed by atoms with Crippen molar-refractivity contribution in [2.75, 3.05) is 14.2 Å². The minimum Gasteiger partial charge on any atom is -0.496 e. The van der Waals surface area contributed by atoms with Gasteiger partial charge in [-0.15, -0.1) is 0 Å². The van der Waals surface area contributed by atoms with Gasteiger partial charge in [0.2, 0.25) is 0 Å². The van der Waals surface area contributed by atoms with Gasteiger partial charge >= 0.3 is 6.18 Å². The van der Waals surface area contributed by atoms with E-state index in [-0.39, 0.29) is 5.70 Å². The first-order chi connectivity index (χ1) is 9.20. The molecule has 0 saturated carbocycles. The van der Waals surface area contributed by atoms with Gasteiger partial charge in [0.1, 0.15) is 11.5 Å². The Bertz CT molecular complexity index is 560. The van der Waals surface area contributed by atoms with Crippen molar-refractivity contribution in [1.82, 2.24) is 0 Å². The molecule has 2 N–H and O–H groups in total. The van der Waals surface area contributed by atoms with Crippen LogP contribution in [-0.4, -0.2) is 26.0 Å². The number of rotatable bonds is 3. The van der Waals surface area contributed by atoms with Crippen LogP contribution in [0.5, 0.6) is 5.75 Å². The molecule has 20 heavy (non-hydrogen) atoms. The fourth-order valence-corrected chi connectivity index (χ4v) is 1.82. The van der Waals surface area contributed by atoms with E-state index < -0.39 is 11.9 Å². The van der Waals surface area contributed by atoms with Crippen LogP contribution in [0.4, 0.5) is 13.2 Å². The number of halogens is 3. The Morgan fingerprint density at radius 1 is 1.25 bits per heavy atom. The zero-order valence-electron chi connectivity index (χ0n) is 11.8. The number of nitrogens with zero attached hydrogens (tertiary/aromatic N) is 1. The lowest BCUT2D eigenvalue weighted by Crippen LogP contribution is -2.22. The molecule has 0 fully saturated rings. The number of benzene rings is 1. The summed E-state index contributed by atoms with van der Waals surface area (Å²) in [6.45, 7) is 3.56. The minimum atomic E-state index is -4.52. The summed E-state index contributed by atoms with van der Waals surface area (Å²) in [4.78, 5) is 3.22. The van der Waals surface area contributed by atoms with Gasteiger partial charge in [-0.1, -0.05) is 0 Å². The van der Waals surface area contributed by atoms with Gasteiger partial charge in [0.15, 0.2) is 0 Å². The van der Waals surface area contributed by atoms with Crippen molar-refractivity contribution in [2.24, 2.45) is 10.7 Å². The van der Waals surface area contributed by atoms with Crippen molar-refractivity contribution >= 4 is 11.4 Å². The minimum absolute atomic E-state index is 0.0196. The predicted molar refractivity (Wildman–Crippen MR) is 74.0 cm³/mol. The van der Waals surface area contributed by atoms with Gasteiger partial charge in [-0.25, -0.2) is 0 Å². The molecule has 1 aromatic carbocycles. The van der Waals surface area contributed by atoms with Gasteiger partial charge in [0.05, 0.1) is 7.11 Å². The Morgan fingerprint density at radius 3 is 2.30 bits per heavy atom. The maximum atomic E-state index is 12.6. The Hall–Kier alpha value is -1.98. The van der Waals surface area contributed by atoms with Crippen LogP contribution in [0.25, 0.3) is 5.70 Å². The number of ether oxygens (including phenoxy) is 1. The highest BCUT2D eigenvalue weighted by molar-refractivity contribution is 6.04. The molecule has 6 heteroatoms. The highest BCUT2D eigenvalue weighted by Crippen LogP contribution is 2.26. The second kappa shape index (κ2) is 5.98. The molecule has 0 aliphatic heterocycles. The summed E-state index contributed by atoms with van der Waals surface area (Å²) in [6, 6.07) is 3.44. The van der Waals surface area contributed by atoms with E-state index in [1.54, 1.807) is 26.0 Å². The lowest BCUT2D eigenvalue weighted by Gasteiger charge is -2.13. The van der Waals surface area contributed by atoms with E-state index in [1.165, 1.54) is 7.11 Å². The van der Waals surface area contributed by atoms with Crippen LogP contribution in [0.3, 0.4) is 0 Å². The second-order valence-electron chi connectivity index (χ2n) is 4.34. The van der Waals surface area contributed by atoms with E-state index in [0.717, 1.165) is 24.3 Å². The van der Waals surface area contributed by atoms with Crippen LogP contribution in [0, 0.1) is 13.8 Å². The van der Waals surface area contributed by atoms with E-state index in [4.69, 9.17) is 10.5 Å². The van der Waals surface area contributed by atoms with Gasteiger partial charge in [-0.3, -0.25) is 4.99 Å². The summed E-state index contributed by atoms with van der Waals surface area (Å²) in [5.41, 5.74) is 6.85. The van der Waals surface area contributed by atoms with Gasteiger partial charge in [-0.2, -0.15) is 13.2 Å². The van der Waals surface area contributed by atoms with Crippen LogP contribution in [-0.2, 0) is 0 Å². The number of aliphatic imine (C=N–C) groups is 1. The molecule has 0 bridgehead atoms. The van der Waals surface area contributed by atoms with E-state index >= 15 is 0 Å². The number of methoxy groups -OCH3 is 1. The molecule has 0 atom stereocenters. The molecule has 0 aliphatic carbocycles. The van der Waals surface area contributed by atoms with E-state index in [0.29, 0.717) is 11.3 Å². The summed E-state index contributed by atoms with van der Waals surface area (Å²) in [6.07, 6.45) is -3.68. The molecule has 0 radical (unpaired) electrons. The third-order valence-corrected chi connectivity index (χ3v) is 2.88. The van der Waals surface area contributed by atoms with Gasteiger partial charge in [0, 0.05) is 18.3 Å². The fourth-order valence-electron chi connectivity index (χ4n) is 1.82. The number of hydrogen-bond donors (Lipinski definition) is 1. The van der Waals surface area contributed by atoms with Gasteiger partial charge in [-0.05, 0) is 43.2 Å². The normalized spacial score (nSPS) is 13.6. The lowest BCUT2D eigenvalue weighted by atomic mass is 10.0. The first kappa shape index (κ1) is 16.1. The Balaban J connectivity index is 3.28. The zero-order chi connectivity index (χ0) is 15.5. The third kappa shape index (κ3) is 3.53. The van der Waals surface area contributed by atoms with Crippen molar-refractivity contribution < 1.29 is 17.9 Å². The van der Waals surface area contributed by atoms with Crippen LogP contribution in [0.2, 0.25) is 0 Å². The summed E-state index contributed by atoms with van der Waals surface area (Å²) in [5.74, 6) is 0.666. The summed E-state index contributed by atoms with van der Waals surface area (Å²) in [5, 5.41) is 0. The van der Waals surface area contributed by atoms with Crippen molar-refractivity contribution in [3.8, 4) is 5.75 Å². The molecule has 0 unspecified atom stereocenters. The molecule has 0 spiro atoms. The SMILES string of the molecule is CN=C(C=C(N)c1cc(C)c(OC)cc1C)C(F)(F)F. The standard InChI is InChI=1S/C14H17F3N2O/c1-8-6-12(20-4)9(2)5-10(8)11(18)7-13(19-3)14(15,16)17/h5-7H,18H2,1-4H3. The maximum Gasteiger partial charge on any atom is 0.432 e. The van der Waals surface area contributed by atoms with Crippen LogP contribution >= 0.6 is 0 Å². The average Bonchev–Trinajstić information content (AvgIpc) is 2.36. The number of nitrogens with two attached hydrogens (primary N) is 1. The predicted octanol–water partition coefficient (Wildman–Crippen LogP) is 3.24. The monoisotopic (exact) mass is 286 g/mol. The van der Waals surface area contributed by atoms with Gasteiger partial charge < -0.3 is 10.5 Å². The van der Waals surface area contributed by atoms with Crippen molar-refractivity contribution in [3.05, 3.63) is 34.9 Å². The largest absolute Gasteiger partial charge is 0.496 e. The zero-order valence-corrected chi connectivity index (χ0v) is 11.8. The van der Waals surface area contributed by atoms with Crippen molar-refractivity contribution in [1.29, 1.82) is 0 Å². The molecule has 110 valence electrons. The average molecular weight is 286 g/mol.